The van der Waals surface area contributed by atoms with Crippen molar-refractivity contribution in [1.29, 1.82) is 0 Å². The Morgan fingerprint density at radius 3 is 2.43 bits per heavy atom. The number of carbonyl (C=O) groups is 2. The van der Waals surface area contributed by atoms with E-state index in [9.17, 15) is 18.0 Å². The molecule has 1 aliphatic rings. The van der Waals surface area contributed by atoms with Crippen molar-refractivity contribution in [1.82, 2.24) is 0 Å². The van der Waals surface area contributed by atoms with Crippen LogP contribution in [0.25, 0.3) is 0 Å². The maximum Gasteiger partial charge on any atom is 0.309 e. The molecule has 7 nitrogen and oxygen atoms in total. The maximum atomic E-state index is 11.9. The van der Waals surface area contributed by atoms with Crippen molar-refractivity contribution in [3.8, 4) is 0 Å². The molecule has 1 aromatic rings. The Bertz CT molecular complexity index is 710. The molecule has 0 unspecified atom stereocenters. The lowest BCUT2D eigenvalue weighted by atomic mass is 9.93. The van der Waals surface area contributed by atoms with Crippen LogP contribution in [-0.4, -0.2) is 25.9 Å². The van der Waals surface area contributed by atoms with E-state index in [1.54, 1.807) is 0 Å². The minimum atomic E-state index is -3.75. The zero-order valence-corrected chi connectivity index (χ0v) is 13.9. The van der Waals surface area contributed by atoms with Gasteiger partial charge >= 0.3 is 5.97 Å². The first-order valence-corrected chi connectivity index (χ1v) is 8.77. The predicted octanol–water partition coefficient (Wildman–Crippen LogP) is 1.39. The van der Waals surface area contributed by atoms with Gasteiger partial charge in [-0.15, -0.1) is 0 Å². The number of ether oxygens (including phenoxy) is 1. The summed E-state index contributed by atoms with van der Waals surface area (Å²) < 4.78 is 27.5. The molecule has 8 heteroatoms. The average molecular weight is 340 g/mol. The van der Waals surface area contributed by atoms with E-state index >= 15 is 0 Å². The second-order valence-corrected chi connectivity index (χ2v) is 7.80. The Hall–Kier alpha value is -1.93. The number of cyclic esters (lactones) is 1. The average Bonchev–Trinajstić information content (AvgIpc) is 2.68. The molecule has 1 heterocycles. The number of amides is 1. The molecule has 3 N–H and O–H groups in total. The quantitative estimate of drug-likeness (QED) is 0.786. The summed E-state index contributed by atoms with van der Waals surface area (Å²) in [5.74, 6) is -0.772. The standard InChI is InChI=1S/C15H20N2O5S/c1-15(2)9-10(14(19)22-15)3-8-13(18)17-11-4-6-12(7-5-11)23(16,20)21/h4-7,10H,3,8-9H2,1-2H3,(H,17,18)(H2,16,20,21)/t10-/m1/s1. The molecule has 1 aromatic carbocycles. The van der Waals surface area contributed by atoms with Crippen LogP contribution in [-0.2, 0) is 24.3 Å². The van der Waals surface area contributed by atoms with Gasteiger partial charge in [0.05, 0.1) is 10.8 Å². The van der Waals surface area contributed by atoms with Crippen molar-refractivity contribution in [2.24, 2.45) is 11.1 Å². The molecular formula is C15H20N2O5S. The number of esters is 1. The smallest absolute Gasteiger partial charge is 0.309 e. The van der Waals surface area contributed by atoms with Crippen LogP contribution < -0.4 is 10.5 Å². The van der Waals surface area contributed by atoms with Crippen LogP contribution in [0.15, 0.2) is 29.2 Å². The number of hydrogen-bond donors (Lipinski definition) is 2. The summed E-state index contributed by atoms with van der Waals surface area (Å²) >= 11 is 0. The molecule has 23 heavy (non-hydrogen) atoms. The fourth-order valence-corrected chi connectivity index (χ4v) is 3.07. The Morgan fingerprint density at radius 2 is 1.96 bits per heavy atom. The Kier molecular flexibility index (Phi) is 4.76. The molecule has 0 saturated carbocycles. The molecular weight excluding hydrogens is 320 g/mol. The van der Waals surface area contributed by atoms with Crippen molar-refractivity contribution in [2.45, 2.75) is 43.6 Å². The third-order valence-electron chi connectivity index (χ3n) is 3.63. The van der Waals surface area contributed by atoms with Gasteiger partial charge in [-0.25, -0.2) is 13.6 Å². The van der Waals surface area contributed by atoms with E-state index in [0.717, 1.165) is 0 Å². The lowest BCUT2D eigenvalue weighted by molar-refractivity contribution is -0.148. The second-order valence-electron chi connectivity index (χ2n) is 6.24. The van der Waals surface area contributed by atoms with Crippen LogP contribution in [0.1, 0.15) is 33.1 Å². The summed E-state index contributed by atoms with van der Waals surface area (Å²) in [5, 5.41) is 7.66. The van der Waals surface area contributed by atoms with Gasteiger partial charge in [-0.3, -0.25) is 9.59 Å². The molecule has 126 valence electrons. The molecule has 0 aliphatic carbocycles. The minimum absolute atomic E-state index is 0.0218. The molecule has 1 aliphatic heterocycles. The van der Waals surface area contributed by atoms with E-state index < -0.39 is 15.6 Å². The highest BCUT2D eigenvalue weighted by Gasteiger charge is 2.39. The van der Waals surface area contributed by atoms with Crippen LogP contribution in [0.5, 0.6) is 0 Å². The second kappa shape index (κ2) is 6.29. The van der Waals surface area contributed by atoms with Gasteiger partial charge in [-0.05, 0) is 51.0 Å². The van der Waals surface area contributed by atoms with E-state index in [1.807, 2.05) is 13.8 Å². The summed E-state index contributed by atoms with van der Waals surface area (Å²) in [4.78, 5) is 23.6. The van der Waals surface area contributed by atoms with Crippen molar-refractivity contribution in [3.05, 3.63) is 24.3 Å². The molecule has 0 spiro atoms. The fourth-order valence-electron chi connectivity index (χ4n) is 2.55. The van der Waals surface area contributed by atoms with Gasteiger partial charge in [0.15, 0.2) is 0 Å². The molecule has 0 aromatic heterocycles. The summed E-state index contributed by atoms with van der Waals surface area (Å²) in [6.07, 6.45) is 1.21. The van der Waals surface area contributed by atoms with Gasteiger partial charge in [0.2, 0.25) is 15.9 Å². The topological polar surface area (TPSA) is 116 Å². The number of sulfonamides is 1. The SMILES string of the molecule is CC1(C)C[C@@H](CCC(=O)Nc2ccc(S(N)(=O)=O)cc2)C(=O)O1. The molecule has 1 atom stereocenters. The van der Waals surface area contributed by atoms with E-state index in [4.69, 9.17) is 9.88 Å². The largest absolute Gasteiger partial charge is 0.459 e. The van der Waals surface area contributed by atoms with Crippen molar-refractivity contribution in [3.63, 3.8) is 0 Å². The third kappa shape index (κ3) is 4.77. The summed E-state index contributed by atoms with van der Waals surface area (Å²) in [7, 11) is -3.75. The number of nitrogens with one attached hydrogen (secondary N) is 1. The van der Waals surface area contributed by atoms with E-state index in [1.165, 1.54) is 24.3 Å². The van der Waals surface area contributed by atoms with Gasteiger partial charge in [0.25, 0.3) is 0 Å². The van der Waals surface area contributed by atoms with Gasteiger partial charge in [-0.1, -0.05) is 0 Å². The number of carbonyl (C=O) groups excluding carboxylic acids is 2. The lowest BCUT2D eigenvalue weighted by Gasteiger charge is -2.14. The number of hydrogen-bond acceptors (Lipinski definition) is 5. The Balaban J connectivity index is 1.87. The Morgan fingerprint density at radius 1 is 1.35 bits per heavy atom. The molecule has 1 amide bonds. The zero-order chi connectivity index (χ0) is 17.3. The lowest BCUT2D eigenvalue weighted by Crippen LogP contribution is -2.17. The third-order valence-corrected chi connectivity index (χ3v) is 4.56. The number of rotatable bonds is 5. The summed E-state index contributed by atoms with van der Waals surface area (Å²) in [5.41, 5.74) is -0.00127. The van der Waals surface area contributed by atoms with E-state index in [-0.39, 0.29) is 29.1 Å². The Labute approximate surface area is 135 Å². The van der Waals surface area contributed by atoms with Crippen LogP contribution in [0, 0.1) is 5.92 Å². The zero-order valence-electron chi connectivity index (χ0n) is 13.0. The number of primary sulfonamides is 1. The molecule has 0 bridgehead atoms. The maximum absolute atomic E-state index is 11.9. The minimum Gasteiger partial charge on any atom is -0.459 e. The predicted molar refractivity (Wildman–Crippen MR) is 84.0 cm³/mol. The van der Waals surface area contributed by atoms with Crippen molar-refractivity contribution in [2.75, 3.05) is 5.32 Å². The van der Waals surface area contributed by atoms with Gasteiger partial charge < -0.3 is 10.1 Å². The highest BCUT2D eigenvalue weighted by atomic mass is 32.2. The number of anilines is 1. The van der Waals surface area contributed by atoms with Gasteiger partial charge in [0, 0.05) is 12.1 Å². The van der Waals surface area contributed by atoms with Crippen molar-refractivity contribution < 1.29 is 22.7 Å². The monoisotopic (exact) mass is 340 g/mol. The highest BCUT2D eigenvalue weighted by molar-refractivity contribution is 7.89. The van der Waals surface area contributed by atoms with E-state index in [2.05, 4.69) is 5.32 Å². The number of benzene rings is 1. The van der Waals surface area contributed by atoms with Crippen LogP contribution in [0.3, 0.4) is 0 Å². The van der Waals surface area contributed by atoms with Crippen LogP contribution in [0.2, 0.25) is 0 Å². The molecule has 2 rings (SSSR count). The van der Waals surface area contributed by atoms with Crippen molar-refractivity contribution >= 4 is 27.6 Å². The first-order chi connectivity index (χ1) is 10.6. The van der Waals surface area contributed by atoms with Gasteiger partial charge in [-0.2, -0.15) is 0 Å². The first-order valence-electron chi connectivity index (χ1n) is 7.22. The summed E-state index contributed by atoms with van der Waals surface area (Å²) in [6.45, 7) is 3.69. The van der Waals surface area contributed by atoms with Crippen LogP contribution in [0.4, 0.5) is 5.69 Å². The van der Waals surface area contributed by atoms with Gasteiger partial charge in [0.1, 0.15) is 5.60 Å². The normalized spacial score (nSPS) is 20.1. The highest BCUT2D eigenvalue weighted by Crippen LogP contribution is 2.33. The summed E-state index contributed by atoms with van der Waals surface area (Å²) in [6, 6.07) is 5.57. The van der Waals surface area contributed by atoms with E-state index in [0.29, 0.717) is 18.5 Å². The fraction of sp³-hybridized carbons (Fsp3) is 0.467. The molecule has 1 fully saturated rings. The molecule has 0 radical (unpaired) electrons. The van der Waals surface area contributed by atoms with Crippen LogP contribution >= 0.6 is 0 Å². The number of nitrogens with two attached hydrogens (primary N) is 1. The molecule has 1 saturated heterocycles. The first kappa shape index (κ1) is 17.4.